The molecule has 2 aromatic rings. The van der Waals surface area contributed by atoms with Crippen LogP contribution in [-0.2, 0) is 0 Å². The second-order valence-corrected chi connectivity index (χ2v) is 4.84. The van der Waals surface area contributed by atoms with Crippen molar-refractivity contribution in [3.8, 4) is 0 Å². The van der Waals surface area contributed by atoms with Crippen molar-refractivity contribution in [2.75, 3.05) is 41.3 Å². The molecule has 0 atom stereocenters. The Labute approximate surface area is 148 Å². The molecule has 0 heterocycles. The third-order valence-corrected chi connectivity index (χ3v) is 2.24. The van der Waals surface area contributed by atoms with Crippen LogP contribution in [-0.4, -0.2) is 79.0 Å². The van der Waals surface area contributed by atoms with E-state index in [-0.39, 0.29) is 37.7 Å². The number of rotatable bonds is 3. The minimum atomic E-state index is 0. The van der Waals surface area contributed by atoms with Gasteiger partial charge in [-0.05, 0) is 0 Å². The van der Waals surface area contributed by atoms with Crippen molar-refractivity contribution in [1.82, 2.24) is 0 Å². The first-order chi connectivity index (χ1) is 8.63. The molecule has 3 heteroatoms. The van der Waals surface area contributed by atoms with Crippen LogP contribution in [0.2, 0.25) is 0 Å². The van der Waals surface area contributed by atoms with Crippen LogP contribution in [0.4, 0.5) is 0 Å². The topological polar surface area (TPSA) is 8.88 Å². The van der Waals surface area contributed by atoms with E-state index >= 15 is 0 Å². The smallest absolute Gasteiger partial charge is 0.335 e. The average Bonchev–Trinajstić information content (AvgIpc) is 3.03. The van der Waals surface area contributed by atoms with E-state index in [2.05, 4.69) is 28.2 Å². The molecule has 0 spiro atoms. The number of nitrogens with one attached hydrogen (secondary N) is 2. The first-order valence-electron chi connectivity index (χ1n) is 6.54. The number of hydrogen-bond acceptors (Lipinski definition) is 0. The summed E-state index contributed by atoms with van der Waals surface area (Å²) < 4.78 is 0. The van der Waals surface area contributed by atoms with E-state index < -0.39 is 0 Å². The number of hydrogen-bond donors (Lipinski definition) is 2. The molecule has 0 aliphatic heterocycles. The molecular weight excluding hydrogens is 260 g/mol. The maximum atomic E-state index is 2.18. The van der Waals surface area contributed by atoms with Gasteiger partial charge in [-0.2, -0.15) is 36.4 Å². The molecule has 0 bridgehead atoms. The summed E-state index contributed by atoms with van der Waals surface area (Å²) in [4.78, 5) is 3.07. The Morgan fingerprint density at radius 1 is 0.632 bits per heavy atom. The summed E-state index contributed by atoms with van der Waals surface area (Å²) in [5.74, 6) is 0. The Bertz CT molecular complexity index is 244. The van der Waals surface area contributed by atoms with E-state index in [0.29, 0.717) is 0 Å². The van der Waals surface area contributed by atoms with Gasteiger partial charge in [0.05, 0.1) is 28.2 Å². The average molecular weight is 288 g/mol. The van der Waals surface area contributed by atoms with Crippen molar-refractivity contribution < 1.29 is 9.80 Å². The Morgan fingerprint density at radius 3 is 1.00 bits per heavy atom. The van der Waals surface area contributed by atoms with Crippen molar-refractivity contribution >= 4 is 37.7 Å². The Morgan fingerprint density at radius 2 is 0.895 bits per heavy atom. The molecule has 2 rings (SSSR count). The summed E-state index contributed by atoms with van der Waals surface area (Å²) in [7, 11) is 8.73. The maximum absolute atomic E-state index is 2.18. The molecule has 0 unspecified atom stereocenters. The van der Waals surface area contributed by atoms with E-state index in [1.165, 1.54) is 22.9 Å². The quantitative estimate of drug-likeness (QED) is 0.567. The van der Waals surface area contributed by atoms with Gasteiger partial charge >= 0.3 is 37.7 Å². The molecule has 0 saturated carbocycles. The maximum Gasteiger partial charge on any atom is 2.00 e. The molecule has 19 heavy (non-hydrogen) atoms. The molecule has 0 aliphatic carbocycles. The summed E-state index contributed by atoms with van der Waals surface area (Å²) >= 11 is 0. The second-order valence-electron chi connectivity index (χ2n) is 4.84. The van der Waals surface area contributed by atoms with E-state index in [1.807, 2.05) is 60.7 Å². The van der Waals surface area contributed by atoms with Gasteiger partial charge in [0, 0.05) is 0 Å². The zero-order valence-electron chi connectivity index (χ0n) is 12.9. The number of quaternary nitrogens is 2. The summed E-state index contributed by atoms with van der Waals surface area (Å²) in [6.07, 6.45) is 0. The molecule has 2 N–H and O–H groups in total. The molecule has 102 valence electrons. The van der Waals surface area contributed by atoms with Crippen molar-refractivity contribution in [2.24, 2.45) is 0 Å². The molecular formula is C16H28CaN2+2. The standard InChI is InChI=1S/C6H16N2.2C5H5.Ca/c1-7(2)5-6-8(3)4;2*1-2-4-5-3-1;/h5-6H2,1-4H3;2*1-5H;/q;2*-1;+2/p+2. The van der Waals surface area contributed by atoms with Gasteiger partial charge in [-0.1, -0.05) is 0 Å². The fourth-order valence-corrected chi connectivity index (χ4v) is 1.14. The van der Waals surface area contributed by atoms with Gasteiger partial charge in [0.15, 0.2) is 0 Å². The van der Waals surface area contributed by atoms with Crippen LogP contribution in [0.15, 0.2) is 60.7 Å². The minimum absolute atomic E-state index is 0. The van der Waals surface area contributed by atoms with Gasteiger partial charge in [-0.25, -0.2) is 24.3 Å². The summed E-state index contributed by atoms with van der Waals surface area (Å²) in [6, 6.07) is 20.0. The molecule has 0 aromatic heterocycles. The van der Waals surface area contributed by atoms with Crippen LogP contribution >= 0.6 is 0 Å². The molecule has 0 radical (unpaired) electrons. The van der Waals surface area contributed by atoms with E-state index in [0.717, 1.165) is 0 Å². The second kappa shape index (κ2) is 15.9. The normalized spacial score (nSPS) is 8.95. The molecule has 0 amide bonds. The van der Waals surface area contributed by atoms with Crippen molar-refractivity contribution in [3.63, 3.8) is 0 Å². The van der Waals surface area contributed by atoms with Gasteiger partial charge in [-0.3, -0.25) is 0 Å². The zero-order chi connectivity index (χ0) is 13.6. The minimum Gasteiger partial charge on any atom is -0.335 e. The molecule has 0 aliphatic rings. The predicted molar refractivity (Wildman–Crippen MR) is 85.2 cm³/mol. The Balaban J connectivity index is 0. The van der Waals surface area contributed by atoms with Crippen LogP contribution < -0.4 is 9.80 Å². The molecule has 2 aromatic carbocycles. The van der Waals surface area contributed by atoms with Gasteiger partial charge in [-0.15, -0.1) is 0 Å². The Hall–Kier alpha value is -0.120. The van der Waals surface area contributed by atoms with Gasteiger partial charge in [0.25, 0.3) is 0 Å². The van der Waals surface area contributed by atoms with Gasteiger partial charge in [0.2, 0.25) is 0 Å². The number of likely N-dealkylation sites (N-methyl/N-ethyl adjacent to an activating group) is 2. The van der Waals surface area contributed by atoms with Crippen LogP contribution in [0.1, 0.15) is 0 Å². The predicted octanol–water partition coefficient (Wildman–Crippen LogP) is -0.294. The van der Waals surface area contributed by atoms with Crippen LogP contribution in [0, 0.1) is 0 Å². The van der Waals surface area contributed by atoms with Crippen molar-refractivity contribution in [1.29, 1.82) is 0 Å². The van der Waals surface area contributed by atoms with E-state index in [1.54, 1.807) is 0 Å². The van der Waals surface area contributed by atoms with Gasteiger partial charge < -0.3 is 9.80 Å². The van der Waals surface area contributed by atoms with Crippen molar-refractivity contribution in [2.45, 2.75) is 0 Å². The first-order valence-corrected chi connectivity index (χ1v) is 6.54. The zero-order valence-corrected chi connectivity index (χ0v) is 15.1. The summed E-state index contributed by atoms with van der Waals surface area (Å²) in [5.41, 5.74) is 0. The third-order valence-electron chi connectivity index (χ3n) is 2.24. The molecule has 0 fully saturated rings. The molecule has 2 nitrogen and oxygen atoms in total. The van der Waals surface area contributed by atoms with Crippen molar-refractivity contribution in [3.05, 3.63) is 60.7 Å². The van der Waals surface area contributed by atoms with Crippen LogP contribution in [0.25, 0.3) is 0 Å². The largest absolute Gasteiger partial charge is 2.00 e. The van der Waals surface area contributed by atoms with Crippen LogP contribution in [0.3, 0.4) is 0 Å². The van der Waals surface area contributed by atoms with E-state index in [9.17, 15) is 0 Å². The SMILES string of the molecule is C[NH+](C)CC[NH+](C)C.[Ca+2].c1cc[cH-]c1.c1cc[cH-]c1. The van der Waals surface area contributed by atoms with Gasteiger partial charge in [0.1, 0.15) is 13.1 Å². The van der Waals surface area contributed by atoms with Crippen LogP contribution in [0.5, 0.6) is 0 Å². The fraction of sp³-hybridized carbons (Fsp3) is 0.375. The molecule has 0 saturated heterocycles. The van der Waals surface area contributed by atoms with E-state index in [4.69, 9.17) is 0 Å². The summed E-state index contributed by atoms with van der Waals surface area (Å²) in [6.45, 7) is 2.53. The third kappa shape index (κ3) is 20.4. The first kappa shape index (κ1) is 21.2. The fourth-order valence-electron chi connectivity index (χ4n) is 1.14. The monoisotopic (exact) mass is 288 g/mol. The Kier molecular flexibility index (Phi) is 17.8. The summed E-state index contributed by atoms with van der Waals surface area (Å²) in [5, 5.41) is 0.